The number of methoxy groups -OCH3 is 1. The Morgan fingerprint density at radius 3 is 3.00 bits per heavy atom. The predicted molar refractivity (Wildman–Crippen MR) is 81.1 cm³/mol. The van der Waals surface area contributed by atoms with Crippen molar-refractivity contribution in [1.29, 1.82) is 0 Å². The third-order valence-corrected chi connectivity index (χ3v) is 4.30. The van der Waals surface area contributed by atoms with Crippen LogP contribution in [0.4, 0.5) is 0 Å². The zero-order valence-corrected chi connectivity index (χ0v) is 12.9. The van der Waals surface area contributed by atoms with Crippen LogP contribution < -0.4 is 19.5 Å². The topological polar surface area (TPSA) is 43.0 Å². The fourth-order valence-electron chi connectivity index (χ4n) is 3.15. The fourth-order valence-corrected chi connectivity index (χ4v) is 3.15. The summed E-state index contributed by atoms with van der Waals surface area (Å²) in [6, 6.07) is 4.75. The smallest absolute Gasteiger partial charge is 0.231 e. The Bertz CT molecular complexity index is 487. The average Bonchev–Trinajstić information content (AvgIpc) is 3.01. The monoisotopic (exact) mass is 292 g/mol. The van der Waals surface area contributed by atoms with E-state index in [1.165, 1.54) is 18.4 Å². The molecular formula is C16H24N2O3. The summed E-state index contributed by atoms with van der Waals surface area (Å²) in [6.45, 7) is 6.68. The molecule has 5 nitrogen and oxygen atoms in total. The van der Waals surface area contributed by atoms with Gasteiger partial charge in [-0.25, -0.2) is 0 Å². The van der Waals surface area contributed by atoms with Crippen LogP contribution in [0.15, 0.2) is 12.1 Å². The van der Waals surface area contributed by atoms with E-state index in [0.717, 1.165) is 43.4 Å². The van der Waals surface area contributed by atoms with Gasteiger partial charge in [-0.15, -0.1) is 0 Å². The van der Waals surface area contributed by atoms with Crippen LogP contribution in [0.25, 0.3) is 0 Å². The number of fused-ring (bicyclic) bond motifs is 1. The van der Waals surface area contributed by atoms with Crippen molar-refractivity contribution in [2.75, 3.05) is 33.5 Å². The van der Waals surface area contributed by atoms with Crippen LogP contribution in [0.5, 0.6) is 17.2 Å². The van der Waals surface area contributed by atoms with E-state index in [2.05, 4.69) is 29.3 Å². The van der Waals surface area contributed by atoms with Gasteiger partial charge < -0.3 is 19.5 Å². The van der Waals surface area contributed by atoms with E-state index in [-0.39, 0.29) is 6.79 Å². The second kappa shape index (κ2) is 6.54. The van der Waals surface area contributed by atoms with Gasteiger partial charge in [0.1, 0.15) is 0 Å². The standard InChI is InChI=1S/C16H24N2O3/c1-3-18(13-5-4-6-17-9-13)10-12-7-14(19-2)16-15(8-12)20-11-21-16/h7-8,13,17H,3-6,9-11H2,1-2H3. The maximum Gasteiger partial charge on any atom is 0.231 e. The number of likely N-dealkylation sites (N-methyl/N-ethyl adjacent to an activating group) is 1. The van der Waals surface area contributed by atoms with Gasteiger partial charge in [-0.05, 0) is 43.6 Å². The summed E-state index contributed by atoms with van der Waals surface area (Å²) in [7, 11) is 1.67. The van der Waals surface area contributed by atoms with E-state index in [9.17, 15) is 0 Å². The van der Waals surface area contributed by atoms with Crippen molar-refractivity contribution < 1.29 is 14.2 Å². The number of nitrogens with one attached hydrogen (secondary N) is 1. The van der Waals surface area contributed by atoms with Crippen molar-refractivity contribution in [3.05, 3.63) is 17.7 Å². The van der Waals surface area contributed by atoms with E-state index in [4.69, 9.17) is 14.2 Å². The molecule has 1 atom stereocenters. The van der Waals surface area contributed by atoms with E-state index in [1.54, 1.807) is 7.11 Å². The van der Waals surface area contributed by atoms with Crippen LogP contribution in [0.2, 0.25) is 0 Å². The second-order valence-corrected chi connectivity index (χ2v) is 5.60. The number of hydrogen-bond acceptors (Lipinski definition) is 5. The molecule has 0 radical (unpaired) electrons. The Morgan fingerprint density at radius 1 is 1.38 bits per heavy atom. The number of hydrogen-bond donors (Lipinski definition) is 1. The number of nitrogens with zero attached hydrogens (tertiary/aromatic N) is 1. The maximum absolute atomic E-state index is 5.51. The van der Waals surface area contributed by atoms with E-state index in [1.807, 2.05) is 0 Å². The van der Waals surface area contributed by atoms with Crippen LogP contribution >= 0.6 is 0 Å². The van der Waals surface area contributed by atoms with Gasteiger partial charge in [0.05, 0.1) is 7.11 Å². The quantitative estimate of drug-likeness (QED) is 0.899. The third kappa shape index (κ3) is 3.09. The summed E-state index contributed by atoms with van der Waals surface area (Å²) in [5.74, 6) is 2.28. The van der Waals surface area contributed by atoms with Crippen LogP contribution in [-0.2, 0) is 6.54 Å². The highest BCUT2D eigenvalue weighted by atomic mass is 16.7. The molecule has 0 amide bonds. The molecule has 2 heterocycles. The highest BCUT2D eigenvalue weighted by Gasteiger charge is 2.23. The molecule has 5 heteroatoms. The van der Waals surface area contributed by atoms with Crippen molar-refractivity contribution in [2.24, 2.45) is 0 Å². The molecule has 1 fully saturated rings. The van der Waals surface area contributed by atoms with Gasteiger partial charge in [0.15, 0.2) is 11.5 Å². The molecule has 2 aliphatic heterocycles. The van der Waals surface area contributed by atoms with Crippen molar-refractivity contribution in [3.8, 4) is 17.2 Å². The molecule has 1 unspecified atom stereocenters. The molecular weight excluding hydrogens is 268 g/mol. The van der Waals surface area contributed by atoms with Crippen LogP contribution in [-0.4, -0.2) is 44.5 Å². The SMILES string of the molecule is CCN(Cc1cc(OC)c2c(c1)OCO2)C1CCCNC1. The van der Waals surface area contributed by atoms with E-state index in [0.29, 0.717) is 6.04 Å². The molecule has 0 bridgehead atoms. The molecule has 3 rings (SSSR count). The first-order valence-corrected chi connectivity index (χ1v) is 7.73. The first-order chi connectivity index (χ1) is 10.3. The van der Waals surface area contributed by atoms with Crippen LogP contribution in [0.3, 0.4) is 0 Å². The Kier molecular flexibility index (Phi) is 4.51. The highest BCUT2D eigenvalue weighted by molar-refractivity contribution is 5.55. The van der Waals surface area contributed by atoms with Gasteiger partial charge in [-0.2, -0.15) is 0 Å². The summed E-state index contributed by atoms with van der Waals surface area (Å²) < 4.78 is 16.4. The minimum absolute atomic E-state index is 0.277. The van der Waals surface area contributed by atoms with Gasteiger partial charge in [0.25, 0.3) is 0 Å². The first-order valence-electron chi connectivity index (χ1n) is 7.73. The van der Waals surface area contributed by atoms with Gasteiger partial charge in [-0.1, -0.05) is 6.92 Å². The lowest BCUT2D eigenvalue weighted by Gasteiger charge is -2.34. The average molecular weight is 292 g/mol. The number of benzene rings is 1. The van der Waals surface area contributed by atoms with Crippen molar-refractivity contribution in [3.63, 3.8) is 0 Å². The second-order valence-electron chi connectivity index (χ2n) is 5.60. The predicted octanol–water partition coefficient (Wildman–Crippen LogP) is 2.00. The minimum Gasteiger partial charge on any atom is -0.493 e. The lowest BCUT2D eigenvalue weighted by molar-refractivity contribution is 0.165. The Labute approximate surface area is 126 Å². The molecule has 1 saturated heterocycles. The molecule has 2 aliphatic rings. The van der Waals surface area contributed by atoms with Crippen molar-refractivity contribution >= 4 is 0 Å². The highest BCUT2D eigenvalue weighted by Crippen LogP contribution is 2.42. The molecule has 0 aromatic heterocycles. The number of piperidine rings is 1. The third-order valence-electron chi connectivity index (χ3n) is 4.30. The number of rotatable bonds is 5. The Morgan fingerprint density at radius 2 is 2.29 bits per heavy atom. The minimum atomic E-state index is 0.277. The molecule has 1 aromatic rings. The summed E-state index contributed by atoms with van der Waals surface area (Å²) in [6.07, 6.45) is 2.52. The zero-order valence-electron chi connectivity index (χ0n) is 12.9. The molecule has 1 aromatic carbocycles. The summed E-state index contributed by atoms with van der Waals surface area (Å²) in [4.78, 5) is 2.52. The molecule has 0 aliphatic carbocycles. The molecule has 0 spiro atoms. The van der Waals surface area contributed by atoms with E-state index < -0.39 is 0 Å². The summed E-state index contributed by atoms with van der Waals surface area (Å²) in [5.41, 5.74) is 1.21. The van der Waals surface area contributed by atoms with Crippen molar-refractivity contribution in [2.45, 2.75) is 32.4 Å². The molecule has 116 valence electrons. The van der Waals surface area contributed by atoms with Gasteiger partial charge in [0, 0.05) is 19.1 Å². The molecule has 1 N–H and O–H groups in total. The Hall–Kier alpha value is -1.46. The van der Waals surface area contributed by atoms with E-state index >= 15 is 0 Å². The molecule has 0 saturated carbocycles. The van der Waals surface area contributed by atoms with Gasteiger partial charge >= 0.3 is 0 Å². The lowest BCUT2D eigenvalue weighted by atomic mass is 10.0. The first kappa shape index (κ1) is 14.5. The summed E-state index contributed by atoms with van der Waals surface area (Å²) >= 11 is 0. The van der Waals surface area contributed by atoms with Gasteiger partial charge in [-0.3, -0.25) is 4.90 Å². The number of ether oxygens (including phenoxy) is 3. The fraction of sp³-hybridized carbons (Fsp3) is 0.625. The van der Waals surface area contributed by atoms with Crippen molar-refractivity contribution in [1.82, 2.24) is 10.2 Å². The molecule has 21 heavy (non-hydrogen) atoms. The normalized spacial score (nSPS) is 20.8. The zero-order chi connectivity index (χ0) is 14.7. The lowest BCUT2D eigenvalue weighted by Crippen LogP contribution is -2.45. The van der Waals surface area contributed by atoms with Crippen LogP contribution in [0.1, 0.15) is 25.3 Å². The summed E-state index contributed by atoms with van der Waals surface area (Å²) in [5, 5.41) is 3.49. The van der Waals surface area contributed by atoms with Gasteiger partial charge in [0.2, 0.25) is 12.5 Å². The van der Waals surface area contributed by atoms with Crippen LogP contribution in [0, 0.1) is 0 Å². The largest absolute Gasteiger partial charge is 0.493 e. The maximum atomic E-state index is 5.51. The Balaban J connectivity index is 1.76.